The Bertz CT molecular complexity index is 1410. The molecule has 13 heteroatoms. The summed E-state index contributed by atoms with van der Waals surface area (Å²) < 4.78 is 46.9. The smallest absolute Gasteiger partial charge is 0.447 e. The molecule has 1 saturated heterocycles. The van der Waals surface area contributed by atoms with E-state index in [4.69, 9.17) is 4.74 Å². The van der Waals surface area contributed by atoms with Crippen molar-refractivity contribution < 1.29 is 27.5 Å². The van der Waals surface area contributed by atoms with Crippen molar-refractivity contribution in [1.29, 1.82) is 0 Å². The van der Waals surface area contributed by atoms with Gasteiger partial charge in [0.2, 0.25) is 5.91 Å². The Kier molecular flexibility index (Phi) is 8.21. The number of hydrogen-bond donors (Lipinski definition) is 4. The van der Waals surface area contributed by atoms with Gasteiger partial charge in [-0.05, 0) is 42.7 Å². The highest BCUT2D eigenvalue weighted by Crippen LogP contribution is 2.39. The van der Waals surface area contributed by atoms with Crippen molar-refractivity contribution in [3.05, 3.63) is 47.8 Å². The van der Waals surface area contributed by atoms with Crippen molar-refractivity contribution in [2.24, 2.45) is 0 Å². The Morgan fingerprint density at radius 3 is 2.84 bits per heavy atom. The molecule has 1 fully saturated rings. The molecule has 1 aromatic carbocycles. The third-order valence-corrected chi connectivity index (χ3v) is 6.50. The van der Waals surface area contributed by atoms with E-state index in [2.05, 4.69) is 38.1 Å². The molecule has 0 bridgehead atoms. The van der Waals surface area contributed by atoms with E-state index in [1.165, 1.54) is 24.8 Å². The monoisotopic (exact) mass is 546 g/mol. The zero-order valence-electron chi connectivity index (χ0n) is 20.5. The molecule has 3 aromatic rings. The average molecular weight is 547 g/mol. The molecule has 38 heavy (non-hydrogen) atoms. The van der Waals surface area contributed by atoms with E-state index in [9.17, 15) is 22.8 Å². The van der Waals surface area contributed by atoms with Crippen LogP contribution in [0.4, 0.5) is 24.5 Å². The summed E-state index contributed by atoms with van der Waals surface area (Å²) in [5.41, 5.74) is -2.78. The largest absolute Gasteiger partial charge is 0.495 e. The Morgan fingerprint density at radius 1 is 1.32 bits per heavy atom. The number of alkyl halides is 3. The zero-order valence-corrected chi connectivity index (χ0v) is 21.3. The molecule has 0 spiro atoms. The minimum atomic E-state index is -4.55. The Hall–Kier alpha value is -4.05. The van der Waals surface area contributed by atoms with Crippen LogP contribution in [-0.4, -0.2) is 60.0 Å². The normalized spacial score (nSPS) is 15.3. The SMILES string of the molecule is CNC(=O)c1ccc(NCC#Cc2nc3c(N[C@H]4CCNC(=O)C4)cccn3c2SC(F)(F)F)c(OC)c1. The lowest BCUT2D eigenvalue weighted by Gasteiger charge is -2.24. The molecule has 4 N–H and O–H groups in total. The number of ether oxygens (including phenoxy) is 1. The van der Waals surface area contributed by atoms with Gasteiger partial charge >= 0.3 is 5.51 Å². The summed E-state index contributed by atoms with van der Waals surface area (Å²) in [6.45, 7) is 0.605. The minimum Gasteiger partial charge on any atom is -0.495 e. The maximum absolute atomic E-state index is 13.4. The summed E-state index contributed by atoms with van der Waals surface area (Å²) in [6, 6.07) is 8.01. The topological polar surface area (TPSA) is 109 Å². The second kappa shape index (κ2) is 11.6. The van der Waals surface area contributed by atoms with Gasteiger partial charge in [-0.2, -0.15) is 13.2 Å². The number of nitrogens with zero attached hydrogens (tertiary/aromatic N) is 2. The predicted octanol–water partition coefficient (Wildman–Crippen LogP) is 3.47. The molecule has 9 nitrogen and oxygen atoms in total. The average Bonchev–Trinajstić information content (AvgIpc) is 3.22. The number of hydrogen-bond acceptors (Lipinski definition) is 7. The number of piperidine rings is 1. The number of methoxy groups -OCH3 is 1. The first kappa shape index (κ1) is 27.0. The number of carbonyl (C=O) groups excluding carboxylic acids is 2. The van der Waals surface area contributed by atoms with Crippen LogP contribution in [0.25, 0.3) is 5.65 Å². The van der Waals surface area contributed by atoms with Crippen LogP contribution in [0.15, 0.2) is 41.6 Å². The summed E-state index contributed by atoms with van der Waals surface area (Å²) in [5, 5.41) is 11.4. The van der Waals surface area contributed by atoms with Crippen LogP contribution in [0, 0.1) is 11.8 Å². The van der Waals surface area contributed by atoms with Crippen LogP contribution in [0.2, 0.25) is 0 Å². The number of nitrogens with one attached hydrogen (secondary N) is 4. The first-order valence-corrected chi connectivity index (χ1v) is 12.4. The number of thioether (sulfide) groups is 1. The fourth-order valence-electron chi connectivity index (χ4n) is 3.96. The number of carbonyl (C=O) groups is 2. The lowest BCUT2D eigenvalue weighted by atomic mass is 10.1. The molecule has 1 atom stereocenters. The number of imidazole rings is 1. The second-order valence-electron chi connectivity index (χ2n) is 8.26. The Morgan fingerprint density at radius 2 is 2.13 bits per heavy atom. The zero-order chi connectivity index (χ0) is 27.3. The summed E-state index contributed by atoms with van der Waals surface area (Å²) in [4.78, 5) is 28.0. The molecule has 1 aliphatic rings. The van der Waals surface area contributed by atoms with Gasteiger partial charge in [0.15, 0.2) is 5.65 Å². The third kappa shape index (κ3) is 6.44. The maximum Gasteiger partial charge on any atom is 0.447 e. The van der Waals surface area contributed by atoms with Crippen molar-refractivity contribution >= 4 is 40.6 Å². The molecule has 2 aromatic heterocycles. The number of aromatic nitrogens is 2. The highest BCUT2D eigenvalue weighted by atomic mass is 32.2. The lowest BCUT2D eigenvalue weighted by Crippen LogP contribution is -2.39. The van der Waals surface area contributed by atoms with E-state index < -0.39 is 5.51 Å². The second-order valence-corrected chi connectivity index (χ2v) is 9.32. The van der Waals surface area contributed by atoms with Gasteiger partial charge in [-0.25, -0.2) is 4.98 Å². The van der Waals surface area contributed by atoms with Gasteiger partial charge in [0.05, 0.1) is 25.0 Å². The van der Waals surface area contributed by atoms with Crippen molar-refractivity contribution in [1.82, 2.24) is 20.0 Å². The van der Waals surface area contributed by atoms with Gasteiger partial charge < -0.3 is 26.0 Å². The number of amides is 2. The van der Waals surface area contributed by atoms with Crippen LogP contribution in [0.1, 0.15) is 28.9 Å². The number of halogens is 3. The molecular formula is C25H25F3N6O3S. The number of rotatable bonds is 7. The van der Waals surface area contributed by atoms with Crippen LogP contribution >= 0.6 is 11.8 Å². The van der Waals surface area contributed by atoms with Gasteiger partial charge in [0.25, 0.3) is 5.91 Å². The van der Waals surface area contributed by atoms with E-state index in [1.54, 1.807) is 30.3 Å². The van der Waals surface area contributed by atoms with Gasteiger partial charge in [0, 0.05) is 49.6 Å². The van der Waals surface area contributed by atoms with E-state index >= 15 is 0 Å². The number of anilines is 2. The first-order valence-electron chi connectivity index (χ1n) is 11.6. The molecule has 3 heterocycles. The Balaban J connectivity index is 1.59. The van der Waals surface area contributed by atoms with Crippen molar-refractivity contribution in [3.8, 4) is 17.6 Å². The van der Waals surface area contributed by atoms with Gasteiger partial charge in [-0.1, -0.05) is 5.92 Å². The summed E-state index contributed by atoms with van der Waals surface area (Å²) in [7, 11) is 2.98. The summed E-state index contributed by atoms with van der Waals surface area (Å²) >= 11 is -0.287. The van der Waals surface area contributed by atoms with E-state index in [0.29, 0.717) is 35.7 Å². The number of benzene rings is 1. The van der Waals surface area contributed by atoms with Crippen molar-refractivity contribution in [3.63, 3.8) is 0 Å². The molecule has 0 saturated carbocycles. The van der Waals surface area contributed by atoms with Crippen molar-refractivity contribution in [2.75, 3.05) is 37.9 Å². The maximum atomic E-state index is 13.4. The van der Waals surface area contributed by atoms with Gasteiger partial charge in [0.1, 0.15) is 16.5 Å². The van der Waals surface area contributed by atoms with Crippen LogP contribution in [-0.2, 0) is 4.79 Å². The molecule has 1 aliphatic heterocycles. The highest BCUT2D eigenvalue weighted by Gasteiger charge is 2.33. The molecule has 0 unspecified atom stereocenters. The quantitative estimate of drug-likeness (QED) is 0.266. The standard InChI is InChI=1S/C25H25F3N6O3S/c1-29-23(36)15-7-8-17(20(13-15)37-2)30-10-3-5-19-24(38-25(26,27)28)34-12-4-6-18(22(34)33-19)32-16-9-11-31-21(35)14-16/h4,6-8,12-13,16,30,32H,9-11,14H2,1-2H3,(H,29,36)(H,31,35)/t16-/m0/s1. The van der Waals surface area contributed by atoms with Gasteiger partial charge in [-0.3, -0.25) is 14.0 Å². The van der Waals surface area contributed by atoms with Crippen LogP contribution in [0.3, 0.4) is 0 Å². The molecule has 0 radical (unpaired) electrons. The van der Waals surface area contributed by atoms with Crippen molar-refractivity contribution in [2.45, 2.75) is 29.4 Å². The first-order chi connectivity index (χ1) is 18.2. The highest BCUT2D eigenvalue weighted by molar-refractivity contribution is 8.00. The van der Waals surface area contributed by atoms with Gasteiger partial charge in [-0.15, -0.1) is 0 Å². The predicted molar refractivity (Wildman–Crippen MR) is 139 cm³/mol. The van der Waals surface area contributed by atoms with Crippen LogP contribution < -0.4 is 26.0 Å². The lowest BCUT2D eigenvalue weighted by molar-refractivity contribution is -0.122. The van der Waals surface area contributed by atoms with E-state index in [1.807, 2.05) is 0 Å². The minimum absolute atomic E-state index is 0.0216. The fraction of sp³-hybridized carbons (Fsp3) is 0.320. The summed E-state index contributed by atoms with van der Waals surface area (Å²) in [6.07, 6.45) is 2.44. The fourth-order valence-corrected chi connectivity index (χ4v) is 4.62. The molecular weight excluding hydrogens is 521 g/mol. The molecule has 2 amide bonds. The Labute approximate surface area is 220 Å². The van der Waals surface area contributed by atoms with E-state index in [0.717, 1.165) is 0 Å². The number of fused-ring (bicyclic) bond motifs is 1. The molecule has 200 valence electrons. The molecule has 0 aliphatic carbocycles. The third-order valence-electron chi connectivity index (χ3n) is 5.69. The van der Waals surface area contributed by atoms with E-state index in [-0.39, 0.29) is 59.0 Å². The summed E-state index contributed by atoms with van der Waals surface area (Å²) in [5.74, 6) is 5.63. The van der Waals surface area contributed by atoms with Crippen LogP contribution in [0.5, 0.6) is 5.75 Å². The molecule has 4 rings (SSSR count). The number of pyridine rings is 1.